The Morgan fingerprint density at radius 2 is 1.95 bits per heavy atom. The largest absolute Gasteiger partial charge is 0.389 e. The van der Waals surface area contributed by atoms with Gasteiger partial charge in [-0.2, -0.15) is 0 Å². The molecular formula is C17H22BrNO3. The number of hydrogen-bond acceptors (Lipinski definition) is 4. The van der Waals surface area contributed by atoms with Gasteiger partial charge in [0.1, 0.15) is 6.61 Å². The van der Waals surface area contributed by atoms with Crippen LogP contribution >= 0.6 is 15.9 Å². The van der Waals surface area contributed by atoms with Crippen LogP contribution in [0.2, 0.25) is 0 Å². The molecule has 1 aromatic carbocycles. The van der Waals surface area contributed by atoms with Crippen LogP contribution in [0.25, 0.3) is 0 Å². The van der Waals surface area contributed by atoms with Crippen molar-refractivity contribution < 1.29 is 14.9 Å². The third-order valence-corrected chi connectivity index (χ3v) is 4.56. The molecule has 2 rings (SSSR count). The fourth-order valence-electron chi connectivity index (χ4n) is 2.76. The Morgan fingerprint density at radius 3 is 2.55 bits per heavy atom. The molecule has 1 aromatic rings. The smallest absolute Gasteiger partial charge is 0.107 e. The summed E-state index contributed by atoms with van der Waals surface area (Å²) in [5.74, 6) is 2.38. The highest BCUT2D eigenvalue weighted by Gasteiger charge is 2.34. The van der Waals surface area contributed by atoms with Crippen molar-refractivity contribution in [2.24, 2.45) is 0 Å². The normalized spacial score (nSPS) is 19.5. The second-order valence-electron chi connectivity index (χ2n) is 5.71. The van der Waals surface area contributed by atoms with Crippen molar-refractivity contribution in [3.8, 4) is 12.3 Å². The third kappa shape index (κ3) is 4.80. The van der Waals surface area contributed by atoms with E-state index in [-0.39, 0.29) is 13.2 Å². The van der Waals surface area contributed by atoms with E-state index >= 15 is 0 Å². The Balaban J connectivity index is 1.82. The molecule has 2 N–H and O–H groups in total. The first kappa shape index (κ1) is 17.5. The van der Waals surface area contributed by atoms with Crippen molar-refractivity contribution in [2.45, 2.75) is 24.5 Å². The lowest BCUT2D eigenvalue weighted by molar-refractivity contribution is -0.0414. The van der Waals surface area contributed by atoms with Gasteiger partial charge in [0.15, 0.2) is 0 Å². The van der Waals surface area contributed by atoms with Gasteiger partial charge in [-0.3, -0.25) is 0 Å². The number of nitrogens with zero attached hydrogens (tertiary/aromatic N) is 1. The molecule has 0 spiro atoms. The predicted molar refractivity (Wildman–Crippen MR) is 89.4 cm³/mol. The topological polar surface area (TPSA) is 52.9 Å². The van der Waals surface area contributed by atoms with E-state index in [9.17, 15) is 10.2 Å². The molecule has 0 aliphatic carbocycles. The van der Waals surface area contributed by atoms with Gasteiger partial charge < -0.3 is 19.8 Å². The molecule has 0 saturated carbocycles. The van der Waals surface area contributed by atoms with Gasteiger partial charge in [-0.15, -0.1) is 6.42 Å². The maximum absolute atomic E-state index is 10.8. The highest BCUT2D eigenvalue weighted by molar-refractivity contribution is 9.10. The van der Waals surface area contributed by atoms with Crippen LogP contribution in [0, 0.1) is 12.3 Å². The van der Waals surface area contributed by atoms with Crippen molar-refractivity contribution in [1.29, 1.82) is 0 Å². The average molecular weight is 368 g/mol. The number of piperidine rings is 1. The summed E-state index contributed by atoms with van der Waals surface area (Å²) in [5, 5.41) is 20.7. The first-order chi connectivity index (χ1) is 10.5. The second-order valence-corrected chi connectivity index (χ2v) is 6.63. The van der Waals surface area contributed by atoms with Crippen molar-refractivity contribution in [1.82, 2.24) is 4.90 Å². The molecule has 0 bridgehead atoms. The monoisotopic (exact) mass is 367 g/mol. The number of likely N-dealkylation sites (tertiary alicyclic amines) is 1. The number of β-amino-alcohol motifs (C(OH)–C–C–N with tert-alkyl or cyclic N) is 1. The van der Waals surface area contributed by atoms with E-state index in [2.05, 4.69) is 26.8 Å². The van der Waals surface area contributed by atoms with Crippen LogP contribution in [-0.4, -0.2) is 54.1 Å². The zero-order chi connectivity index (χ0) is 16.0. The first-order valence-electron chi connectivity index (χ1n) is 7.43. The lowest BCUT2D eigenvalue weighted by Crippen LogP contribution is -2.45. The van der Waals surface area contributed by atoms with Gasteiger partial charge in [-0.05, 0) is 30.5 Å². The Kier molecular flexibility index (Phi) is 6.42. The zero-order valence-corrected chi connectivity index (χ0v) is 14.1. The lowest BCUT2D eigenvalue weighted by atomic mass is 9.84. The number of halogens is 1. The van der Waals surface area contributed by atoms with Crippen LogP contribution < -0.4 is 0 Å². The fraction of sp³-hybridized carbons (Fsp3) is 0.529. The highest BCUT2D eigenvalue weighted by Crippen LogP contribution is 2.33. The minimum absolute atomic E-state index is 0.223. The van der Waals surface area contributed by atoms with Gasteiger partial charge in [0.2, 0.25) is 0 Å². The van der Waals surface area contributed by atoms with E-state index in [4.69, 9.17) is 11.2 Å². The maximum atomic E-state index is 10.8. The number of terminal acetylenes is 1. The molecule has 22 heavy (non-hydrogen) atoms. The van der Waals surface area contributed by atoms with Gasteiger partial charge in [-0.25, -0.2) is 0 Å². The summed E-state index contributed by atoms with van der Waals surface area (Å²) in [7, 11) is 0. The van der Waals surface area contributed by atoms with E-state index in [0.29, 0.717) is 19.4 Å². The molecule has 1 saturated heterocycles. The van der Waals surface area contributed by atoms with Gasteiger partial charge in [-0.1, -0.05) is 34.0 Å². The molecule has 1 aliphatic heterocycles. The van der Waals surface area contributed by atoms with E-state index in [1.54, 1.807) is 0 Å². The third-order valence-electron chi connectivity index (χ3n) is 4.03. The first-order valence-corrected chi connectivity index (χ1v) is 8.23. The summed E-state index contributed by atoms with van der Waals surface area (Å²) in [5.41, 5.74) is 0.176. The molecule has 120 valence electrons. The van der Waals surface area contributed by atoms with Crippen molar-refractivity contribution in [2.75, 3.05) is 32.8 Å². The average Bonchev–Trinajstić information content (AvgIpc) is 2.51. The Hall–Kier alpha value is -0.900. The summed E-state index contributed by atoms with van der Waals surface area (Å²) in [6.45, 7) is 2.51. The SMILES string of the molecule is C#CCOCC(O)CN1CCC(O)(c2ccc(Br)cc2)CC1. The molecule has 1 atom stereocenters. The molecule has 1 aliphatic rings. The molecule has 5 heteroatoms. The zero-order valence-electron chi connectivity index (χ0n) is 12.5. The number of rotatable bonds is 6. The van der Waals surface area contributed by atoms with Crippen molar-refractivity contribution in [3.63, 3.8) is 0 Å². The highest BCUT2D eigenvalue weighted by atomic mass is 79.9. The Bertz CT molecular complexity index is 504. The molecule has 4 nitrogen and oxygen atoms in total. The van der Waals surface area contributed by atoms with E-state index < -0.39 is 11.7 Å². The Morgan fingerprint density at radius 1 is 1.32 bits per heavy atom. The predicted octanol–water partition coefficient (Wildman–Crippen LogP) is 1.74. The van der Waals surface area contributed by atoms with Crippen LogP contribution in [0.3, 0.4) is 0 Å². The summed E-state index contributed by atoms with van der Waals surface area (Å²) < 4.78 is 6.15. The molecule has 1 heterocycles. The van der Waals surface area contributed by atoms with Gasteiger partial charge in [0, 0.05) is 24.1 Å². The van der Waals surface area contributed by atoms with Gasteiger partial charge >= 0.3 is 0 Å². The summed E-state index contributed by atoms with van der Waals surface area (Å²) in [4.78, 5) is 2.15. The standard InChI is InChI=1S/C17H22BrNO3/c1-2-11-22-13-16(20)12-19-9-7-17(21,8-10-19)14-3-5-15(18)6-4-14/h1,3-6,16,20-21H,7-13H2. The number of benzene rings is 1. The molecular weight excluding hydrogens is 346 g/mol. The minimum Gasteiger partial charge on any atom is -0.389 e. The van der Waals surface area contributed by atoms with Crippen molar-refractivity contribution in [3.05, 3.63) is 34.3 Å². The molecule has 1 unspecified atom stereocenters. The maximum Gasteiger partial charge on any atom is 0.107 e. The molecule has 0 amide bonds. The van der Waals surface area contributed by atoms with E-state index in [0.717, 1.165) is 23.1 Å². The quantitative estimate of drug-likeness (QED) is 0.593. The molecule has 0 radical (unpaired) electrons. The summed E-state index contributed by atoms with van der Waals surface area (Å²) in [6.07, 6.45) is 5.87. The molecule has 0 aromatic heterocycles. The lowest BCUT2D eigenvalue weighted by Gasteiger charge is -2.39. The van der Waals surface area contributed by atoms with Gasteiger partial charge in [0.05, 0.1) is 18.3 Å². The van der Waals surface area contributed by atoms with Crippen LogP contribution in [0.5, 0.6) is 0 Å². The minimum atomic E-state index is -0.776. The van der Waals surface area contributed by atoms with Gasteiger partial charge in [0.25, 0.3) is 0 Å². The van der Waals surface area contributed by atoms with E-state index in [1.807, 2.05) is 24.3 Å². The number of aliphatic hydroxyl groups is 2. The van der Waals surface area contributed by atoms with Crippen LogP contribution in [0.15, 0.2) is 28.7 Å². The van der Waals surface area contributed by atoms with Crippen molar-refractivity contribution >= 4 is 15.9 Å². The van der Waals surface area contributed by atoms with Crippen LogP contribution in [0.4, 0.5) is 0 Å². The molecule has 1 fully saturated rings. The van der Waals surface area contributed by atoms with Crippen LogP contribution in [0.1, 0.15) is 18.4 Å². The summed E-state index contributed by atoms with van der Waals surface area (Å²) >= 11 is 3.41. The summed E-state index contributed by atoms with van der Waals surface area (Å²) in [6, 6.07) is 7.82. The Labute approximate surface area is 140 Å². The number of aliphatic hydroxyl groups excluding tert-OH is 1. The second kappa shape index (κ2) is 8.09. The number of hydrogen-bond donors (Lipinski definition) is 2. The fourth-order valence-corrected chi connectivity index (χ4v) is 3.02. The number of ether oxygens (including phenoxy) is 1. The van der Waals surface area contributed by atoms with E-state index in [1.165, 1.54) is 0 Å². The van der Waals surface area contributed by atoms with Crippen LogP contribution in [-0.2, 0) is 10.3 Å².